The van der Waals surface area contributed by atoms with E-state index in [2.05, 4.69) is 29.8 Å². The maximum atomic E-state index is 11.0. The van der Waals surface area contributed by atoms with Crippen molar-refractivity contribution < 1.29 is 9.53 Å². The van der Waals surface area contributed by atoms with Gasteiger partial charge >= 0.3 is 0 Å². The van der Waals surface area contributed by atoms with E-state index in [1.807, 2.05) is 13.0 Å². The molecule has 1 aromatic carbocycles. The zero-order valence-corrected chi connectivity index (χ0v) is 12.2. The number of hydrogen-bond donors (Lipinski definition) is 0. The molecule has 1 aromatic rings. The van der Waals surface area contributed by atoms with Crippen molar-refractivity contribution in [3.8, 4) is 5.75 Å². The number of hydrogen-bond acceptors (Lipinski definition) is 2. The van der Waals surface area contributed by atoms with Crippen molar-refractivity contribution in [3.63, 3.8) is 0 Å². The van der Waals surface area contributed by atoms with Crippen LogP contribution >= 0.6 is 15.9 Å². The predicted octanol–water partition coefficient (Wildman–Crippen LogP) is 4.39. The van der Waals surface area contributed by atoms with Crippen LogP contribution in [0.15, 0.2) is 16.6 Å². The summed E-state index contributed by atoms with van der Waals surface area (Å²) in [6.07, 6.45) is 3.15. The quantitative estimate of drug-likeness (QED) is 0.728. The Kier molecular flexibility index (Phi) is 5.69. The van der Waals surface area contributed by atoms with Crippen LogP contribution in [-0.2, 0) is 0 Å². The van der Waals surface area contributed by atoms with Crippen LogP contribution in [-0.4, -0.2) is 12.9 Å². The first-order valence-corrected chi connectivity index (χ1v) is 6.75. The number of aldehydes is 1. The van der Waals surface area contributed by atoms with Gasteiger partial charge in [-0.2, -0.15) is 0 Å². The van der Waals surface area contributed by atoms with Gasteiger partial charge in [0.2, 0.25) is 0 Å². The second-order valence-corrected chi connectivity index (χ2v) is 5.38. The third-order valence-electron chi connectivity index (χ3n) is 2.69. The van der Waals surface area contributed by atoms with Crippen LogP contribution in [0, 0.1) is 12.8 Å². The SMILES string of the molecule is CCCC(C)COc1c(C)cc(Br)cc1C=O. The van der Waals surface area contributed by atoms with Gasteiger partial charge in [0.05, 0.1) is 12.2 Å². The van der Waals surface area contributed by atoms with Crippen LogP contribution in [0.4, 0.5) is 0 Å². The first kappa shape index (κ1) is 14.2. The Balaban J connectivity index is 2.79. The Bertz CT molecular complexity index is 388. The Morgan fingerprint density at radius 2 is 2.18 bits per heavy atom. The van der Waals surface area contributed by atoms with Crippen LogP contribution in [0.2, 0.25) is 0 Å². The Hall–Kier alpha value is -0.830. The van der Waals surface area contributed by atoms with Crippen molar-refractivity contribution in [1.29, 1.82) is 0 Å². The van der Waals surface area contributed by atoms with Crippen molar-refractivity contribution in [2.75, 3.05) is 6.61 Å². The predicted molar refractivity (Wildman–Crippen MR) is 73.8 cm³/mol. The molecule has 0 aliphatic rings. The summed E-state index contributed by atoms with van der Waals surface area (Å²) >= 11 is 3.38. The van der Waals surface area contributed by atoms with Crippen LogP contribution in [0.5, 0.6) is 5.75 Å². The molecule has 0 bridgehead atoms. The smallest absolute Gasteiger partial charge is 0.153 e. The number of rotatable bonds is 6. The van der Waals surface area contributed by atoms with Gasteiger partial charge in [-0.25, -0.2) is 0 Å². The third-order valence-corrected chi connectivity index (χ3v) is 3.15. The molecule has 0 saturated carbocycles. The molecule has 0 aliphatic heterocycles. The summed E-state index contributed by atoms with van der Waals surface area (Å²) in [7, 11) is 0. The molecule has 0 amide bonds. The van der Waals surface area contributed by atoms with Gasteiger partial charge in [0, 0.05) is 4.47 Å². The molecular weight excluding hydrogens is 280 g/mol. The molecule has 0 saturated heterocycles. The summed E-state index contributed by atoms with van der Waals surface area (Å²) in [6.45, 7) is 6.95. The lowest BCUT2D eigenvalue weighted by atomic mass is 10.1. The molecule has 3 heteroatoms. The standard InChI is InChI=1S/C14H19BrO2/c1-4-5-10(2)9-17-14-11(3)6-13(15)7-12(14)8-16/h6-8,10H,4-5,9H2,1-3H3. The molecule has 1 atom stereocenters. The molecule has 0 N–H and O–H groups in total. The van der Waals surface area contributed by atoms with E-state index in [-0.39, 0.29) is 0 Å². The van der Waals surface area contributed by atoms with Gasteiger partial charge in [-0.05, 0) is 37.0 Å². The monoisotopic (exact) mass is 298 g/mol. The van der Waals surface area contributed by atoms with E-state index in [1.54, 1.807) is 6.07 Å². The number of carbonyl (C=O) groups excluding carboxylic acids is 1. The highest BCUT2D eigenvalue weighted by molar-refractivity contribution is 9.10. The van der Waals surface area contributed by atoms with Gasteiger partial charge in [-0.3, -0.25) is 4.79 Å². The topological polar surface area (TPSA) is 26.3 Å². The van der Waals surface area contributed by atoms with Gasteiger partial charge in [0.1, 0.15) is 5.75 Å². The molecule has 94 valence electrons. The third kappa shape index (κ3) is 4.15. The van der Waals surface area contributed by atoms with Gasteiger partial charge in [-0.15, -0.1) is 0 Å². The van der Waals surface area contributed by atoms with Crippen LogP contribution in [0.25, 0.3) is 0 Å². The number of aryl methyl sites for hydroxylation is 1. The zero-order chi connectivity index (χ0) is 12.8. The average molecular weight is 299 g/mol. The van der Waals surface area contributed by atoms with E-state index < -0.39 is 0 Å². The number of carbonyl (C=O) groups is 1. The van der Waals surface area contributed by atoms with E-state index in [9.17, 15) is 4.79 Å². The molecule has 0 spiro atoms. The number of benzene rings is 1. The van der Waals surface area contributed by atoms with E-state index >= 15 is 0 Å². The first-order chi connectivity index (χ1) is 8.08. The molecule has 1 unspecified atom stereocenters. The molecule has 0 radical (unpaired) electrons. The van der Waals surface area contributed by atoms with Crippen LogP contribution in [0.3, 0.4) is 0 Å². The Labute approximate surface area is 111 Å². The second-order valence-electron chi connectivity index (χ2n) is 4.46. The van der Waals surface area contributed by atoms with Gasteiger partial charge in [0.15, 0.2) is 6.29 Å². The Morgan fingerprint density at radius 3 is 2.76 bits per heavy atom. The largest absolute Gasteiger partial charge is 0.492 e. The molecule has 1 rings (SSSR count). The highest BCUT2D eigenvalue weighted by atomic mass is 79.9. The van der Waals surface area contributed by atoms with Crippen molar-refractivity contribution in [2.24, 2.45) is 5.92 Å². The van der Waals surface area contributed by atoms with Crippen molar-refractivity contribution in [1.82, 2.24) is 0 Å². The first-order valence-electron chi connectivity index (χ1n) is 5.96. The molecule has 2 nitrogen and oxygen atoms in total. The Morgan fingerprint density at radius 1 is 1.47 bits per heavy atom. The summed E-state index contributed by atoms with van der Waals surface area (Å²) < 4.78 is 6.68. The van der Waals surface area contributed by atoms with Crippen molar-refractivity contribution in [3.05, 3.63) is 27.7 Å². The van der Waals surface area contributed by atoms with E-state index in [1.165, 1.54) is 0 Å². The summed E-state index contributed by atoms with van der Waals surface area (Å²) in [6, 6.07) is 3.76. The highest BCUT2D eigenvalue weighted by Gasteiger charge is 2.10. The molecule has 17 heavy (non-hydrogen) atoms. The van der Waals surface area contributed by atoms with E-state index in [4.69, 9.17) is 4.74 Å². The molecule has 0 aliphatic carbocycles. The summed E-state index contributed by atoms with van der Waals surface area (Å²) in [5.74, 6) is 1.23. The summed E-state index contributed by atoms with van der Waals surface area (Å²) in [5.41, 5.74) is 1.60. The lowest BCUT2D eigenvalue weighted by Crippen LogP contribution is -2.10. The zero-order valence-electron chi connectivity index (χ0n) is 10.6. The highest BCUT2D eigenvalue weighted by Crippen LogP contribution is 2.27. The van der Waals surface area contributed by atoms with Crippen molar-refractivity contribution >= 4 is 22.2 Å². The van der Waals surface area contributed by atoms with Crippen molar-refractivity contribution in [2.45, 2.75) is 33.6 Å². The van der Waals surface area contributed by atoms with Gasteiger partial charge in [0.25, 0.3) is 0 Å². The fourth-order valence-corrected chi connectivity index (χ4v) is 2.43. The van der Waals surface area contributed by atoms with E-state index in [0.717, 1.165) is 29.2 Å². The normalized spacial score (nSPS) is 12.2. The fraction of sp³-hybridized carbons (Fsp3) is 0.500. The summed E-state index contributed by atoms with van der Waals surface area (Å²) in [5, 5.41) is 0. The lowest BCUT2D eigenvalue weighted by molar-refractivity contribution is 0.111. The average Bonchev–Trinajstić information content (AvgIpc) is 2.27. The maximum absolute atomic E-state index is 11.0. The van der Waals surface area contributed by atoms with E-state index in [0.29, 0.717) is 23.8 Å². The number of halogens is 1. The maximum Gasteiger partial charge on any atom is 0.153 e. The minimum absolute atomic E-state index is 0.516. The minimum atomic E-state index is 0.516. The molecule has 0 aromatic heterocycles. The lowest BCUT2D eigenvalue weighted by Gasteiger charge is -2.15. The number of ether oxygens (including phenoxy) is 1. The van der Waals surface area contributed by atoms with Crippen LogP contribution in [0.1, 0.15) is 42.6 Å². The molecule has 0 fully saturated rings. The molecular formula is C14H19BrO2. The fourth-order valence-electron chi connectivity index (χ4n) is 1.84. The summed E-state index contributed by atoms with van der Waals surface area (Å²) in [4.78, 5) is 11.0. The van der Waals surface area contributed by atoms with Crippen LogP contribution < -0.4 is 4.74 Å². The van der Waals surface area contributed by atoms with Gasteiger partial charge < -0.3 is 4.74 Å². The van der Waals surface area contributed by atoms with Gasteiger partial charge in [-0.1, -0.05) is 36.2 Å². The minimum Gasteiger partial charge on any atom is -0.492 e. The second kappa shape index (κ2) is 6.80. The molecule has 0 heterocycles.